The first kappa shape index (κ1) is 18.1. The quantitative estimate of drug-likeness (QED) is 0.843. The van der Waals surface area contributed by atoms with E-state index < -0.39 is 11.6 Å². The van der Waals surface area contributed by atoms with E-state index in [1.807, 2.05) is 24.3 Å². The molecule has 0 saturated carbocycles. The van der Waals surface area contributed by atoms with Gasteiger partial charge in [0, 0.05) is 11.8 Å². The number of nitrogens with one attached hydrogen (secondary N) is 2. The van der Waals surface area contributed by atoms with Crippen molar-refractivity contribution < 1.29 is 23.2 Å². The minimum Gasteiger partial charge on any atom is -0.497 e. The zero-order chi connectivity index (χ0) is 18.5. The summed E-state index contributed by atoms with van der Waals surface area (Å²) >= 11 is 0. The third kappa shape index (κ3) is 4.49. The van der Waals surface area contributed by atoms with Gasteiger partial charge in [-0.15, -0.1) is 0 Å². The van der Waals surface area contributed by atoms with Crippen LogP contribution >= 0.6 is 0 Å². The monoisotopic (exact) mass is 362 g/mol. The summed E-state index contributed by atoms with van der Waals surface area (Å²) < 4.78 is 31.7. The first-order valence-electron chi connectivity index (χ1n) is 8.52. The van der Waals surface area contributed by atoms with Crippen molar-refractivity contribution in [3.8, 4) is 5.75 Å². The van der Waals surface area contributed by atoms with Crippen LogP contribution in [-0.2, 0) is 4.79 Å². The molecule has 0 atom stereocenters. The van der Waals surface area contributed by atoms with E-state index in [4.69, 9.17) is 4.74 Å². The maximum Gasteiger partial charge on any atom is 0.279 e. The minimum absolute atomic E-state index is 0.00710. The number of benzene rings is 2. The average Bonchev–Trinajstić information content (AvgIpc) is 2.65. The first-order valence-corrected chi connectivity index (χ1v) is 8.52. The maximum atomic E-state index is 13.6. The summed E-state index contributed by atoms with van der Waals surface area (Å²) in [5.74, 6) is -0.885. The number of piperazine rings is 1. The van der Waals surface area contributed by atoms with Gasteiger partial charge in [0.25, 0.3) is 5.91 Å². The Balaban J connectivity index is 1.49. The van der Waals surface area contributed by atoms with Crippen LogP contribution in [-0.4, -0.2) is 45.7 Å². The van der Waals surface area contributed by atoms with Crippen LogP contribution in [0.2, 0.25) is 0 Å². The molecule has 0 unspecified atom stereocenters. The number of quaternary nitrogens is 1. The van der Waals surface area contributed by atoms with Crippen molar-refractivity contribution in [2.24, 2.45) is 0 Å². The number of hydrogen-bond donors (Lipinski definition) is 2. The molecule has 138 valence electrons. The fraction of sp³-hybridized carbons (Fsp3) is 0.316. The highest BCUT2D eigenvalue weighted by atomic mass is 19.1. The summed E-state index contributed by atoms with van der Waals surface area (Å²) in [7, 11) is 1.64. The highest BCUT2D eigenvalue weighted by Gasteiger charge is 2.22. The van der Waals surface area contributed by atoms with E-state index in [1.165, 1.54) is 6.07 Å². The Bertz CT molecular complexity index is 760. The number of carbonyl (C=O) groups excluding carboxylic acids is 1. The van der Waals surface area contributed by atoms with Crippen LogP contribution in [0.25, 0.3) is 0 Å². The average molecular weight is 362 g/mol. The van der Waals surface area contributed by atoms with E-state index in [0.29, 0.717) is 0 Å². The van der Waals surface area contributed by atoms with Gasteiger partial charge in [0.15, 0.2) is 6.54 Å². The largest absolute Gasteiger partial charge is 0.497 e. The Labute approximate surface area is 151 Å². The highest BCUT2D eigenvalue weighted by Crippen LogP contribution is 2.19. The Morgan fingerprint density at radius 3 is 2.46 bits per heavy atom. The van der Waals surface area contributed by atoms with Crippen molar-refractivity contribution in [2.45, 2.75) is 0 Å². The molecule has 3 rings (SSSR count). The number of nitrogens with zero attached hydrogens (tertiary/aromatic N) is 1. The van der Waals surface area contributed by atoms with Gasteiger partial charge in [-0.2, -0.15) is 0 Å². The van der Waals surface area contributed by atoms with Crippen molar-refractivity contribution in [2.75, 3.05) is 50.1 Å². The summed E-state index contributed by atoms with van der Waals surface area (Å²) in [6.07, 6.45) is 0. The summed E-state index contributed by atoms with van der Waals surface area (Å²) in [6.45, 7) is 3.55. The van der Waals surface area contributed by atoms with Crippen molar-refractivity contribution in [3.63, 3.8) is 0 Å². The Morgan fingerprint density at radius 2 is 1.85 bits per heavy atom. The van der Waals surface area contributed by atoms with Gasteiger partial charge in [-0.25, -0.2) is 8.78 Å². The molecule has 26 heavy (non-hydrogen) atoms. The summed E-state index contributed by atoms with van der Waals surface area (Å²) in [4.78, 5) is 15.5. The van der Waals surface area contributed by atoms with E-state index in [0.717, 1.165) is 54.6 Å². The molecule has 1 amide bonds. The Morgan fingerprint density at radius 1 is 1.15 bits per heavy atom. The van der Waals surface area contributed by atoms with E-state index in [2.05, 4.69) is 10.2 Å². The molecule has 2 aromatic rings. The van der Waals surface area contributed by atoms with E-state index in [9.17, 15) is 13.6 Å². The lowest BCUT2D eigenvalue weighted by Crippen LogP contribution is -3.15. The molecule has 2 N–H and O–H groups in total. The smallest absolute Gasteiger partial charge is 0.279 e. The normalized spacial score (nSPS) is 15.0. The number of hydrogen-bond acceptors (Lipinski definition) is 3. The molecule has 5 nitrogen and oxygen atoms in total. The highest BCUT2D eigenvalue weighted by molar-refractivity contribution is 5.91. The zero-order valence-electron chi connectivity index (χ0n) is 14.6. The van der Waals surface area contributed by atoms with E-state index >= 15 is 0 Å². The summed E-state index contributed by atoms with van der Waals surface area (Å²) in [6, 6.07) is 11.0. The van der Waals surface area contributed by atoms with Crippen LogP contribution in [0.15, 0.2) is 42.5 Å². The number of anilines is 2. The number of carbonyl (C=O) groups is 1. The predicted molar refractivity (Wildman–Crippen MR) is 95.8 cm³/mol. The van der Waals surface area contributed by atoms with Crippen LogP contribution in [0.3, 0.4) is 0 Å². The zero-order valence-corrected chi connectivity index (χ0v) is 14.6. The van der Waals surface area contributed by atoms with Gasteiger partial charge in [0.05, 0.1) is 39.0 Å². The van der Waals surface area contributed by atoms with Gasteiger partial charge in [-0.05, 0) is 36.4 Å². The SMILES string of the molecule is COc1ccc(N2CC[NH+](CC(=O)Nc3ccc(F)cc3F)CC2)cc1. The first-order chi connectivity index (χ1) is 12.5. The topological polar surface area (TPSA) is 46.0 Å². The van der Waals surface area contributed by atoms with Crippen LogP contribution in [0.5, 0.6) is 5.75 Å². The summed E-state index contributed by atoms with van der Waals surface area (Å²) in [5.41, 5.74) is 1.13. The Kier molecular flexibility index (Phi) is 5.68. The second-order valence-corrected chi connectivity index (χ2v) is 6.28. The molecular formula is C19H22F2N3O2+. The molecule has 0 aromatic heterocycles. The van der Waals surface area contributed by atoms with Crippen molar-refractivity contribution in [1.29, 1.82) is 0 Å². The molecule has 1 aliphatic rings. The minimum atomic E-state index is -0.766. The fourth-order valence-electron chi connectivity index (χ4n) is 3.06. The second-order valence-electron chi connectivity index (χ2n) is 6.28. The standard InChI is InChI=1S/C19H21F2N3O2/c1-26-16-5-3-15(4-6-16)24-10-8-23(9-11-24)13-19(25)22-18-7-2-14(20)12-17(18)21/h2-7,12H,8-11,13H2,1H3,(H,22,25)/p+1. The van der Waals surface area contributed by atoms with Crippen LogP contribution < -0.4 is 19.9 Å². The number of methoxy groups -OCH3 is 1. The molecular weight excluding hydrogens is 340 g/mol. The van der Waals surface area contributed by atoms with Gasteiger partial charge in [-0.3, -0.25) is 4.79 Å². The van der Waals surface area contributed by atoms with Crippen molar-refractivity contribution in [1.82, 2.24) is 0 Å². The molecule has 1 aliphatic heterocycles. The van der Waals surface area contributed by atoms with Gasteiger partial charge in [-0.1, -0.05) is 0 Å². The number of ether oxygens (including phenoxy) is 1. The van der Waals surface area contributed by atoms with Gasteiger partial charge in [0.2, 0.25) is 0 Å². The molecule has 7 heteroatoms. The summed E-state index contributed by atoms with van der Waals surface area (Å²) in [5, 5.41) is 2.51. The van der Waals surface area contributed by atoms with Crippen molar-refractivity contribution in [3.05, 3.63) is 54.1 Å². The van der Waals surface area contributed by atoms with Gasteiger partial charge >= 0.3 is 0 Å². The van der Waals surface area contributed by atoms with Crippen LogP contribution in [0.1, 0.15) is 0 Å². The van der Waals surface area contributed by atoms with Gasteiger partial charge < -0.3 is 19.9 Å². The third-order valence-corrected chi connectivity index (χ3v) is 4.52. The lowest BCUT2D eigenvalue weighted by atomic mass is 10.2. The molecule has 1 saturated heterocycles. The number of rotatable bonds is 5. The molecule has 0 spiro atoms. The molecule has 2 aromatic carbocycles. The van der Waals surface area contributed by atoms with Crippen LogP contribution in [0, 0.1) is 11.6 Å². The lowest BCUT2D eigenvalue weighted by Gasteiger charge is -2.33. The lowest BCUT2D eigenvalue weighted by molar-refractivity contribution is -0.892. The molecule has 1 heterocycles. The van der Waals surface area contributed by atoms with E-state index in [1.54, 1.807) is 7.11 Å². The fourth-order valence-corrected chi connectivity index (χ4v) is 3.06. The second kappa shape index (κ2) is 8.14. The number of amides is 1. The van der Waals surface area contributed by atoms with Crippen molar-refractivity contribution >= 4 is 17.3 Å². The van der Waals surface area contributed by atoms with Gasteiger partial charge in [0.1, 0.15) is 17.4 Å². The Hall–Kier alpha value is -2.67. The molecule has 0 radical (unpaired) electrons. The molecule has 0 bridgehead atoms. The predicted octanol–water partition coefficient (Wildman–Crippen LogP) is 1.32. The maximum absolute atomic E-state index is 13.6. The molecule has 1 fully saturated rings. The number of halogens is 2. The van der Waals surface area contributed by atoms with Crippen LogP contribution in [0.4, 0.5) is 20.2 Å². The third-order valence-electron chi connectivity index (χ3n) is 4.52. The molecule has 0 aliphatic carbocycles. The van der Waals surface area contributed by atoms with E-state index in [-0.39, 0.29) is 18.1 Å².